The second-order valence-corrected chi connectivity index (χ2v) is 7.40. The second kappa shape index (κ2) is 7.99. The molecule has 0 aliphatic carbocycles. The SMILES string of the molecule is COc1ccc(C2=N[C@H](c3ccc(Cl)cc3)N=C(c3ccccc3)S2)cc1. The quantitative estimate of drug-likeness (QED) is 0.546. The molecule has 0 amide bonds. The van der Waals surface area contributed by atoms with Gasteiger partial charge in [0.05, 0.1) is 7.11 Å². The van der Waals surface area contributed by atoms with Crippen molar-refractivity contribution in [2.45, 2.75) is 6.17 Å². The number of thioether (sulfide) groups is 1. The normalized spacial score (nSPS) is 16.4. The van der Waals surface area contributed by atoms with Gasteiger partial charge in [-0.2, -0.15) is 0 Å². The summed E-state index contributed by atoms with van der Waals surface area (Å²) in [5.41, 5.74) is 3.14. The first kappa shape index (κ1) is 17.8. The highest BCUT2D eigenvalue weighted by Crippen LogP contribution is 2.33. The van der Waals surface area contributed by atoms with Gasteiger partial charge in [0.1, 0.15) is 15.8 Å². The van der Waals surface area contributed by atoms with Crippen molar-refractivity contribution < 1.29 is 4.74 Å². The molecule has 0 spiro atoms. The first-order chi connectivity index (χ1) is 13.2. The fourth-order valence-electron chi connectivity index (χ4n) is 2.76. The van der Waals surface area contributed by atoms with Gasteiger partial charge in [0, 0.05) is 16.1 Å². The first-order valence-corrected chi connectivity index (χ1v) is 9.71. The maximum Gasteiger partial charge on any atom is 0.167 e. The summed E-state index contributed by atoms with van der Waals surface area (Å²) in [6.07, 6.45) is -0.296. The van der Waals surface area contributed by atoms with E-state index < -0.39 is 0 Å². The molecular weight excluding hydrogens is 376 g/mol. The number of rotatable bonds is 4. The molecular formula is C22H17ClN2OS. The van der Waals surface area contributed by atoms with Gasteiger partial charge < -0.3 is 4.74 Å². The van der Waals surface area contributed by atoms with Crippen molar-refractivity contribution in [2.75, 3.05) is 7.11 Å². The van der Waals surface area contributed by atoms with Crippen LogP contribution in [-0.4, -0.2) is 17.2 Å². The molecule has 134 valence electrons. The Labute approximate surface area is 167 Å². The van der Waals surface area contributed by atoms with Crippen LogP contribution >= 0.6 is 23.4 Å². The number of ether oxygens (including phenoxy) is 1. The number of benzene rings is 3. The Morgan fingerprint density at radius 1 is 0.778 bits per heavy atom. The molecule has 0 N–H and O–H groups in total. The van der Waals surface area contributed by atoms with Crippen molar-refractivity contribution >= 4 is 33.5 Å². The lowest BCUT2D eigenvalue weighted by Gasteiger charge is -2.20. The lowest BCUT2D eigenvalue weighted by molar-refractivity contribution is 0.415. The van der Waals surface area contributed by atoms with Crippen molar-refractivity contribution in [3.8, 4) is 5.75 Å². The highest BCUT2D eigenvalue weighted by atomic mass is 35.5. The molecule has 3 aromatic carbocycles. The molecule has 0 saturated carbocycles. The molecule has 1 atom stereocenters. The zero-order valence-corrected chi connectivity index (χ0v) is 16.2. The summed E-state index contributed by atoms with van der Waals surface area (Å²) < 4.78 is 5.27. The van der Waals surface area contributed by atoms with Gasteiger partial charge in [0.15, 0.2) is 6.17 Å². The fraction of sp³-hybridized carbons (Fsp3) is 0.0909. The minimum absolute atomic E-state index is 0.296. The lowest BCUT2D eigenvalue weighted by Crippen LogP contribution is -2.12. The van der Waals surface area contributed by atoms with Gasteiger partial charge in [-0.05, 0) is 53.7 Å². The Hall–Kier alpha value is -2.56. The standard InChI is InChI=1S/C22H17ClN2OS/c1-26-19-13-9-17(10-14-19)22-25-20(15-7-11-18(23)12-8-15)24-21(27-22)16-5-3-2-4-6-16/h2-14,20H,1H3/t20-/m1/s1. The number of hydrogen-bond donors (Lipinski definition) is 0. The summed E-state index contributed by atoms with van der Waals surface area (Å²) in [5, 5.41) is 2.60. The van der Waals surface area contributed by atoms with Gasteiger partial charge >= 0.3 is 0 Å². The smallest absolute Gasteiger partial charge is 0.167 e. The summed E-state index contributed by atoms with van der Waals surface area (Å²) in [6.45, 7) is 0. The third kappa shape index (κ3) is 4.07. The summed E-state index contributed by atoms with van der Waals surface area (Å²) in [5.74, 6) is 0.825. The first-order valence-electron chi connectivity index (χ1n) is 8.52. The van der Waals surface area contributed by atoms with E-state index in [9.17, 15) is 0 Å². The molecule has 3 aromatic rings. The molecule has 0 fully saturated rings. The maximum absolute atomic E-state index is 6.04. The van der Waals surface area contributed by atoms with Crippen LogP contribution in [0.3, 0.4) is 0 Å². The van der Waals surface area contributed by atoms with Crippen LogP contribution in [0.2, 0.25) is 5.02 Å². The van der Waals surface area contributed by atoms with E-state index in [4.69, 9.17) is 26.3 Å². The Kier molecular flexibility index (Phi) is 5.28. The highest BCUT2D eigenvalue weighted by molar-refractivity contribution is 8.27. The van der Waals surface area contributed by atoms with E-state index in [0.717, 1.165) is 32.5 Å². The van der Waals surface area contributed by atoms with Crippen molar-refractivity contribution in [1.29, 1.82) is 0 Å². The van der Waals surface area contributed by atoms with Crippen LogP contribution in [-0.2, 0) is 0 Å². The maximum atomic E-state index is 6.04. The van der Waals surface area contributed by atoms with Crippen LogP contribution in [0.15, 0.2) is 88.8 Å². The zero-order chi connectivity index (χ0) is 18.6. The van der Waals surface area contributed by atoms with E-state index in [-0.39, 0.29) is 6.17 Å². The van der Waals surface area contributed by atoms with E-state index in [1.165, 1.54) is 0 Å². The van der Waals surface area contributed by atoms with Crippen LogP contribution < -0.4 is 4.74 Å². The average molecular weight is 393 g/mol. The molecule has 1 heterocycles. The topological polar surface area (TPSA) is 34.0 Å². The molecule has 0 radical (unpaired) electrons. The Morgan fingerprint density at radius 2 is 1.37 bits per heavy atom. The molecule has 0 bridgehead atoms. The van der Waals surface area contributed by atoms with E-state index in [0.29, 0.717) is 5.02 Å². The molecule has 27 heavy (non-hydrogen) atoms. The van der Waals surface area contributed by atoms with Crippen LogP contribution in [0, 0.1) is 0 Å². The zero-order valence-electron chi connectivity index (χ0n) is 14.7. The third-order valence-electron chi connectivity index (χ3n) is 4.20. The predicted molar refractivity (Wildman–Crippen MR) is 114 cm³/mol. The predicted octanol–water partition coefficient (Wildman–Crippen LogP) is 5.99. The highest BCUT2D eigenvalue weighted by Gasteiger charge is 2.21. The van der Waals surface area contributed by atoms with Gasteiger partial charge in [-0.1, -0.05) is 54.1 Å². The van der Waals surface area contributed by atoms with Crippen molar-refractivity contribution in [3.63, 3.8) is 0 Å². The van der Waals surface area contributed by atoms with E-state index in [1.807, 2.05) is 66.7 Å². The number of hydrogen-bond acceptors (Lipinski definition) is 4. The largest absolute Gasteiger partial charge is 0.497 e. The molecule has 5 heteroatoms. The van der Waals surface area contributed by atoms with Crippen molar-refractivity contribution in [1.82, 2.24) is 0 Å². The van der Waals surface area contributed by atoms with Crippen molar-refractivity contribution in [2.24, 2.45) is 9.98 Å². The molecule has 3 nitrogen and oxygen atoms in total. The van der Waals surface area contributed by atoms with Gasteiger partial charge in [0.25, 0.3) is 0 Å². The Bertz CT molecular complexity index is 983. The molecule has 1 aliphatic heterocycles. The minimum Gasteiger partial charge on any atom is -0.497 e. The third-order valence-corrected chi connectivity index (χ3v) is 5.52. The molecule has 0 unspecified atom stereocenters. The van der Waals surface area contributed by atoms with Gasteiger partial charge in [-0.3, -0.25) is 0 Å². The van der Waals surface area contributed by atoms with Gasteiger partial charge in [-0.25, -0.2) is 9.98 Å². The number of halogens is 1. The summed E-state index contributed by atoms with van der Waals surface area (Å²) in [4.78, 5) is 9.78. The number of nitrogens with zero attached hydrogens (tertiary/aromatic N) is 2. The van der Waals surface area contributed by atoms with E-state index in [1.54, 1.807) is 18.9 Å². The minimum atomic E-state index is -0.296. The molecule has 0 aromatic heterocycles. The van der Waals surface area contributed by atoms with Crippen LogP contribution in [0.5, 0.6) is 5.75 Å². The summed E-state index contributed by atoms with van der Waals surface area (Å²) in [6, 6.07) is 25.8. The van der Waals surface area contributed by atoms with Crippen molar-refractivity contribution in [3.05, 3.63) is 101 Å². The summed E-state index contributed by atoms with van der Waals surface area (Å²) >= 11 is 7.63. The fourth-order valence-corrected chi connectivity index (χ4v) is 3.88. The Balaban J connectivity index is 1.75. The van der Waals surface area contributed by atoms with Gasteiger partial charge in [-0.15, -0.1) is 0 Å². The number of aliphatic imine (C=N–C) groups is 2. The molecule has 1 aliphatic rings. The second-order valence-electron chi connectivity index (χ2n) is 5.99. The monoisotopic (exact) mass is 392 g/mol. The van der Waals surface area contributed by atoms with Crippen LogP contribution in [0.4, 0.5) is 0 Å². The van der Waals surface area contributed by atoms with Gasteiger partial charge in [0.2, 0.25) is 0 Å². The van der Waals surface area contributed by atoms with E-state index in [2.05, 4.69) is 12.1 Å². The molecule has 0 saturated heterocycles. The lowest BCUT2D eigenvalue weighted by atomic mass is 10.1. The summed E-state index contributed by atoms with van der Waals surface area (Å²) in [7, 11) is 1.67. The molecule has 4 rings (SSSR count). The van der Waals surface area contributed by atoms with Crippen LogP contribution in [0.1, 0.15) is 22.9 Å². The average Bonchev–Trinajstić information content (AvgIpc) is 2.74. The van der Waals surface area contributed by atoms with Crippen LogP contribution in [0.25, 0.3) is 0 Å². The Morgan fingerprint density at radius 3 is 1.96 bits per heavy atom. The van der Waals surface area contributed by atoms with E-state index >= 15 is 0 Å². The number of methoxy groups -OCH3 is 1.